The Balaban J connectivity index is 5.15. The Morgan fingerprint density at radius 3 is 0.845 bits per heavy atom. The Hall–Kier alpha value is -1.94. The van der Waals surface area contributed by atoms with Gasteiger partial charge in [0.15, 0.2) is 12.2 Å². The molecule has 0 fully saturated rings. The maximum absolute atomic E-state index is 13.0. The molecule has 0 heterocycles. The van der Waals surface area contributed by atoms with Gasteiger partial charge in [-0.2, -0.15) is 0 Å². The number of hydrogen-bond acceptors (Lipinski definition) is 15. The Bertz CT molecular complexity index is 1640. The summed E-state index contributed by atoms with van der Waals surface area (Å²) in [5, 5.41) is 10.5. The highest BCUT2D eigenvalue weighted by Crippen LogP contribution is 2.45. The van der Waals surface area contributed by atoms with E-state index in [-0.39, 0.29) is 25.7 Å². The zero-order valence-electron chi connectivity index (χ0n) is 54.0. The van der Waals surface area contributed by atoms with Gasteiger partial charge in [-0.3, -0.25) is 37.3 Å². The molecule has 0 aromatic heterocycles. The fourth-order valence-electron chi connectivity index (χ4n) is 9.73. The maximum atomic E-state index is 13.0. The fourth-order valence-corrected chi connectivity index (χ4v) is 11.3. The molecular formula is C65H126O17P2. The minimum absolute atomic E-state index is 0.106. The van der Waals surface area contributed by atoms with Gasteiger partial charge in [0.1, 0.15) is 19.3 Å². The summed E-state index contributed by atoms with van der Waals surface area (Å²) in [6.07, 6.45) is 43.1. The van der Waals surface area contributed by atoms with E-state index < -0.39 is 97.5 Å². The second-order valence-corrected chi connectivity index (χ2v) is 26.7. The number of carbonyl (C=O) groups excluding carboxylic acids is 4. The SMILES string of the molecule is CCCCCCCCCCCC(=O)OC[C@H](COP(=O)(O)OC[C@@H](O)COP(=O)(O)OC[C@@H](COC(=O)CCCCCCCCCC)OC(=O)CCCCCCCCCCC)OC(=O)CCCCCCCCCCCCCCCCC(C)CC. The van der Waals surface area contributed by atoms with E-state index in [9.17, 15) is 43.2 Å². The lowest BCUT2D eigenvalue weighted by molar-refractivity contribution is -0.161. The number of hydrogen-bond donors (Lipinski definition) is 3. The molecule has 19 heteroatoms. The first-order valence-electron chi connectivity index (χ1n) is 34.2. The first-order chi connectivity index (χ1) is 40.6. The van der Waals surface area contributed by atoms with Gasteiger partial charge in [0, 0.05) is 25.7 Å². The quantitative estimate of drug-likeness (QED) is 0.0222. The molecule has 0 bridgehead atoms. The molecule has 3 N–H and O–H groups in total. The van der Waals surface area contributed by atoms with Gasteiger partial charge < -0.3 is 33.8 Å². The Morgan fingerprint density at radius 1 is 0.333 bits per heavy atom. The van der Waals surface area contributed by atoms with Crippen molar-refractivity contribution in [3.8, 4) is 0 Å². The fraction of sp³-hybridized carbons (Fsp3) is 0.938. The van der Waals surface area contributed by atoms with E-state index in [1.165, 1.54) is 148 Å². The second kappa shape index (κ2) is 58.7. The van der Waals surface area contributed by atoms with Gasteiger partial charge in [-0.1, -0.05) is 279 Å². The van der Waals surface area contributed by atoms with Crippen molar-refractivity contribution in [3.63, 3.8) is 0 Å². The van der Waals surface area contributed by atoms with Gasteiger partial charge >= 0.3 is 39.5 Å². The first-order valence-corrected chi connectivity index (χ1v) is 37.2. The number of rotatable bonds is 65. The number of esters is 4. The molecule has 84 heavy (non-hydrogen) atoms. The standard InChI is InChI=1S/C65H126O17P2/c1-6-10-13-16-19-28-34-39-44-49-63(68)76-55-61(82-65(70)51-46-41-36-31-27-25-23-22-24-26-30-32-37-42-47-58(5)9-4)57-80-84(73,74)78-53-59(66)52-77-83(71,72)79-56-60(54-75-62(67)48-43-38-33-21-18-15-12-8-3)81-64(69)50-45-40-35-29-20-17-14-11-7-2/h58-61,66H,6-57H2,1-5H3,(H,71,72)(H,73,74)/t58?,59-,60+,61+/m0/s1. The van der Waals surface area contributed by atoms with Crippen molar-refractivity contribution in [1.82, 2.24) is 0 Å². The molecule has 0 saturated heterocycles. The lowest BCUT2D eigenvalue weighted by Gasteiger charge is -2.21. The van der Waals surface area contributed by atoms with Crippen LogP contribution in [-0.2, 0) is 65.4 Å². The largest absolute Gasteiger partial charge is 0.472 e. The van der Waals surface area contributed by atoms with E-state index in [2.05, 4.69) is 34.6 Å². The number of unbranched alkanes of at least 4 members (excludes halogenated alkanes) is 36. The molecule has 3 unspecified atom stereocenters. The molecule has 0 radical (unpaired) electrons. The Labute approximate surface area is 511 Å². The van der Waals surface area contributed by atoms with Crippen LogP contribution in [-0.4, -0.2) is 96.7 Å². The Kier molecular flexibility index (Phi) is 57.4. The molecule has 498 valence electrons. The first kappa shape index (κ1) is 82.1. The van der Waals surface area contributed by atoms with E-state index in [1.54, 1.807) is 0 Å². The highest BCUT2D eigenvalue weighted by molar-refractivity contribution is 7.47. The van der Waals surface area contributed by atoms with Crippen LogP contribution in [0.5, 0.6) is 0 Å². The molecule has 0 aromatic carbocycles. The normalized spacial score (nSPS) is 14.5. The monoisotopic (exact) mass is 1240 g/mol. The lowest BCUT2D eigenvalue weighted by Crippen LogP contribution is -2.30. The van der Waals surface area contributed by atoms with Crippen molar-refractivity contribution in [2.75, 3.05) is 39.6 Å². The molecule has 0 aliphatic carbocycles. The van der Waals surface area contributed by atoms with E-state index in [4.69, 9.17) is 37.0 Å². The summed E-state index contributed by atoms with van der Waals surface area (Å²) in [5.74, 6) is -1.29. The van der Waals surface area contributed by atoms with Crippen LogP contribution in [0.15, 0.2) is 0 Å². The predicted molar refractivity (Wildman–Crippen MR) is 335 cm³/mol. The van der Waals surface area contributed by atoms with Crippen LogP contribution in [0.2, 0.25) is 0 Å². The van der Waals surface area contributed by atoms with Crippen molar-refractivity contribution < 1.29 is 80.2 Å². The van der Waals surface area contributed by atoms with Crippen LogP contribution in [0.3, 0.4) is 0 Å². The van der Waals surface area contributed by atoms with Gasteiger partial charge in [0.05, 0.1) is 26.4 Å². The number of phosphoric ester groups is 2. The maximum Gasteiger partial charge on any atom is 0.472 e. The van der Waals surface area contributed by atoms with Gasteiger partial charge in [0.2, 0.25) is 0 Å². The van der Waals surface area contributed by atoms with Crippen molar-refractivity contribution >= 4 is 39.5 Å². The topological polar surface area (TPSA) is 237 Å². The third-order valence-electron chi connectivity index (χ3n) is 15.4. The average molecular weight is 1240 g/mol. The zero-order chi connectivity index (χ0) is 62.0. The summed E-state index contributed by atoms with van der Waals surface area (Å²) in [6, 6.07) is 0. The number of carbonyl (C=O) groups is 4. The summed E-state index contributed by atoms with van der Waals surface area (Å²) in [7, 11) is -9.88. The molecule has 0 rings (SSSR count). The molecule has 0 amide bonds. The molecule has 0 saturated carbocycles. The predicted octanol–water partition coefficient (Wildman–Crippen LogP) is 18.2. The van der Waals surface area contributed by atoms with E-state index in [0.29, 0.717) is 25.7 Å². The molecule has 0 spiro atoms. The number of ether oxygens (including phenoxy) is 4. The van der Waals surface area contributed by atoms with Crippen molar-refractivity contribution in [2.24, 2.45) is 5.92 Å². The third kappa shape index (κ3) is 57.8. The van der Waals surface area contributed by atoms with E-state index >= 15 is 0 Å². The third-order valence-corrected chi connectivity index (χ3v) is 17.3. The smallest absolute Gasteiger partial charge is 0.462 e. The summed E-state index contributed by atoms with van der Waals surface area (Å²) >= 11 is 0. The highest BCUT2D eigenvalue weighted by Gasteiger charge is 2.30. The van der Waals surface area contributed by atoms with Crippen LogP contribution >= 0.6 is 15.6 Å². The minimum Gasteiger partial charge on any atom is -0.462 e. The number of aliphatic hydroxyl groups is 1. The van der Waals surface area contributed by atoms with Gasteiger partial charge in [-0.25, -0.2) is 9.13 Å². The van der Waals surface area contributed by atoms with Crippen LogP contribution in [0.4, 0.5) is 0 Å². The highest BCUT2D eigenvalue weighted by atomic mass is 31.2. The molecule has 0 aromatic rings. The Morgan fingerprint density at radius 2 is 0.571 bits per heavy atom. The van der Waals surface area contributed by atoms with Crippen LogP contribution in [0.1, 0.15) is 330 Å². The summed E-state index contributed by atoms with van der Waals surface area (Å²) in [6.45, 7) is 7.20. The minimum atomic E-state index is -4.94. The van der Waals surface area contributed by atoms with Gasteiger partial charge in [-0.05, 0) is 31.6 Å². The van der Waals surface area contributed by atoms with Crippen LogP contribution in [0.25, 0.3) is 0 Å². The van der Waals surface area contributed by atoms with Crippen LogP contribution < -0.4 is 0 Å². The zero-order valence-corrected chi connectivity index (χ0v) is 55.8. The van der Waals surface area contributed by atoms with Crippen LogP contribution in [0, 0.1) is 5.92 Å². The van der Waals surface area contributed by atoms with E-state index in [0.717, 1.165) is 102 Å². The number of phosphoric acid groups is 2. The van der Waals surface area contributed by atoms with Crippen molar-refractivity contribution in [2.45, 2.75) is 348 Å². The summed E-state index contributed by atoms with van der Waals surface area (Å²) in [5.41, 5.74) is 0. The average Bonchev–Trinajstić information content (AvgIpc) is 3.57. The molecule has 6 atom stereocenters. The lowest BCUT2D eigenvalue weighted by atomic mass is 9.99. The summed E-state index contributed by atoms with van der Waals surface area (Å²) < 4.78 is 67.9. The van der Waals surface area contributed by atoms with Crippen molar-refractivity contribution in [1.29, 1.82) is 0 Å². The molecule has 0 aliphatic heterocycles. The number of aliphatic hydroxyl groups excluding tert-OH is 1. The molecular weight excluding hydrogens is 1110 g/mol. The van der Waals surface area contributed by atoms with Gasteiger partial charge in [0.25, 0.3) is 0 Å². The summed E-state index contributed by atoms with van der Waals surface area (Å²) in [4.78, 5) is 72.1. The molecule has 17 nitrogen and oxygen atoms in total. The second-order valence-electron chi connectivity index (χ2n) is 23.7. The van der Waals surface area contributed by atoms with Gasteiger partial charge in [-0.15, -0.1) is 0 Å². The van der Waals surface area contributed by atoms with Crippen molar-refractivity contribution in [3.05, 3.63) is 0 Å². The van der Waals surface area contributed by atoms with E-state index in [1.807, 2.05) is 0 Å². The molecule has 0 aliphatic rings.